The van der Waals surface area contributed by atoms with Gasteiger partial charge in [0.1, 0.15) is 12.4 Å². The number of hydrogen-bond acceptors (Lipinski definition) is 2. The lowest BCUT2D eigenvalue weighted by Crippen LogP contribution is -2.30. The molecular weight excluding hydrogens is 333 g/mol. The molecule has 128 valence electrons. The number of amides is 1. The lowest BCUT2D eigenvalue weighted by atomic mass is 10.1. The monoisotopic (exact) mass is 345 g/mol. The zero-order chi connectivity index (χ0) is 17.7. The first-order chi connectivity index (χ1) is 11.4. The summed E-state index contributed by atoms with van der Waals surface area (Å²) >= 11 is 0. The van der Waals surface area contributed by atoms with Crippen molar-refractivity contribution in [2.75, 3.05) is 13.2 Å². The first kappa shape index (κ1) is 17.7. The summed E-state index contributed by atoms with van der Waals surface area (Å²) < 4.78 is 71.1. The van der Waals surface area contributed by atoms with Gasteiger partial charge in [-0.05, 0) is 12.1 Å². The number of halogens is 5. The Morgan fingerprint density at radius 3 is 2.00 bits per heavy atom. The van der Waals surface area contributed by atoms with Crippen LogP contribution in [-0.2, 0) is 11.2 Å². The van der Waals surface area contributed by atoms with E-state index in [0.29, 0.717) is 5.75 Å². The molecule has 0 atom stereocenters. The smallest absolute Gasteiger partial charge is 0.224 e. The molecule has 0 aliphatic carbocycles. The van der Waals surface area contributed by atoms with Gasteiger partial charge in [0.15, 0.2) is 23.3 Å². The van der Waals surface area contributed by atoms with Crippen molar-refractivity contribution < 1.29 is 31.5 Å². The predicted octanol–water partition coefficient (Wildman–Crippen LogP) is 3.12. The Morgan fingerprint density at radius 2 is 1.42 bits per heavy atom. The van der Waals surface area contributed by atoms with Gasteiger partial charge in [-0.15, -0.1) is 0 Å². The molecule has 0 spiro atoms. The van der Waals surface area contributed by atoms with Crippen LogP contribution in [0.15, 0.2) is 30.3 Å². The van der Waals surface area contributed by atoms with Gasteiger partial charge in [-0.1, -0.05) is 18.2 Å². The molecule has 8 heteroatoms. The minimum atomic E-state index is -2.26. The summed E-state index contributed by atoms with van der Waals surface area (Å²) in [4.78, 5) is 11.6. The first-order valence-electron chi connectivity index (χ1n) is 6.86. The molecular formula is C16H12F5NO2. The van der Waals surface area contributed by atoms with Gasteiger partial charge >= 0.3 is 0 Å². The minimum Gasteiger partial charge on any atom is -0.492 e. The molecule has 0 bridgehead atoms. The molecule has 0 aromatic heterocycles. The van der Waals surface area contributed by atoms with Gasteiger partial charge in [0.05, 0.1) is 13.0 Å². The fourth-order valence-corrected chi connectivity index (χ4v) is 1.90. The van der Waals surface area contributed by atoms with E-state index in [2.05, 4.69) is 5.32 Å². The minimum absolute atomic E-state index is 0.00310. The van der Waals surface area contributed by atoms with Crippen LogP contribution in [0.1, 0.15) is 5.56 Å². The first-order valence-corrected chi connectivity index (χ1v) is 6.86. The third-order valence-corrected chi connectivity index (χ3v) is 3.07. The largest absolute Gasteiger partial charge is 0.492 e. The van der Waals surface area contributed by atoms with Crippen molar-refractivity contribution in [1.82, 2.24) is 5.32 Å². The molecule has 0 unspecified atom stereocenters. The molecule has 2 aromatic carbocycles. The zero-order valence-corrected chi connectivity index (χ0v) is 12.2. The van der Waals surface area contributed by atoms with E-state index < -0.39 is 47.0 Å². The van der Waals surface area contributed by atoms with Gasteiger partial charge < -0.3 is 10.1 Å². The second-order valence-corrected chi connectivity index (χ2v) is 4.74. The SMILES string of the molecule is O=C(Cc1c(F)c(F)c(F)c(F)c1F)NCCOc1ccccc1. The topological polar surface area (TPSA) is 38.3 Å². The summed E-state index contributed by atoms with van der Waals surface area (Å²) in [6.45, 7) is 0.0793. The van der Waals surface area contributed by atoms with E-state index >= 15 is 0 Å². The molecule has 0 fully saturated rings. The van der Waals surface area contributed by atoms with E-state index in [0.717, 1.165) is 0 Å². The van der Waals surface area contributed by atoms with Crippen LogP contribution < -0.4 is 10.1 Å². The van der Waals surface area contributed by atoms with Crippen LogP contribution in [-0.4, -0.2) is 19.1 Å². The van der Waals surface area contributed by atoms with Gasteiger partial charge in [-0.2, -0.15) is 0 Å². The number of carbonyl (C=O) groups excluding carboxylic acids is 1. The average Bonchev–Trinajstić information content (AvgIpc) is 2.60. The number of hydrogen-bond donors (Lipinski definition) is 1. The van der Waals surface area contributed by atoms with Crippen LogP contribution in [0.4, 0.5) is 22.0 Å². The maximum absolute atomic E-state index is 13.4. The Hall–Kier alpha value is -2.64. The van der Waals surface area contributed by atoms with E-state index in [-0.39, 0.29) is 13.2 Å². The van der Waals surface area contributed by atoms with Crippen LogP contribution >= 0.6 is 0 Å². The summed E-state index contributed by atoms with van der Waals surface area (Å²) in [5.41, 5.74) is -1.17. The van der Waals surface area contributed by atoms with Crippen LogP contribution in [0.5, 0.6) is 5.75 Å². The standard InChI is InChI=1S/C16H12F5NO2/c17-12-10(13(18)15(20)16(21)14(12)19)8-11(23)22-6-7-24-9-4-2-1-3-5-9/h1-5H,6-8H2,(H,22,23). The molecule has 1 amide bonds. The van der Waals surface area contributed by atoms with E-state index in [4.69, 9.17) is 4.74 Å². The number of ether oxygens (including phenoxy) is 1. The summed E-state index contributed by atoms with van der Waals surface area (Å²) in [5, 5.41) is 2.27. The normalized spacial score (nSPS) is 10.5. The quantitative estimate of drug-likeness (QED) is 0.378. The molecule has 0 saturated heterocycles. The summed E-state index contributed by atoms with van der Waals surface area (Å²) in [5.74, 6) is -10.8. The van der Waals surface area contributed by atoms with Crippen molar-refractivity contribution in [1.29, 1.82) is 0 Å². The highest BCUT2D eigenvalue weighted by molar-refractivity contribution is 5.78. The van der Waals surface area contributed by atoms with Gasteiger partial charge in [-0.3, -0.25) is 4.79 Å². The molecule has 0 aliphatic rings. The van der Waals surface area contributed by atoms with Crippen molar-refractivity contribution in [3.63, 3.8) is 0 Å². The van der Waals surface area contributed by atoms with Gasteiger partial charge in [-0.25, -0.2) is 22.0 Å². The number of rotatable bonds is 6. The van der Waals surface area contributed by atoms with Crippen molar-refractivity contribution in [2.45, 2.75) is 6.42 Å². The van der Waals surface area contributed by atoms with Crippen molar-refractivity contribution in [3.8, 4) is 5.75 Å². The van der Waals surface area contributed by atoms with E-state index in [1.807, 2.05) is 0 Å². The molecule has 2 rings (SSSR count). The van der Waals surface area contributed by atoms with Crippen LogP contribution in [0, 0.1) is 29.1 Å². The molecule has 0 aliphatic heterocycles. The van der Waals surface area contributed by atoms with Gasteiger partial charge in [0, 0.05) is 5.56 Å². The molecule has 0 heterocycles. The van der Waals surface area contributed by atoms with E-state index in [9.17, 15) is 26.7 Å². The number of carbonyl (C=O) groups is 1. The number of benzene rings is 2. The fraction of sp³-hybridized carbons (Fsp3) is 0.188. The molecule has 3 nitrogen and oxygen atoms in total. The van der Waals surface area contributed by atoms with E-state index in [1.54, 1.807) is 30.3 Å². The summed E-state index contributed by atoms with van der Waals surface area (Å²) in [6, 6.07) is 8.67. The molecule has 24 heavy (non-hydrogen) atoms. The average molecular weight is 345 g/mol. The maximum atomic E-state index is 13.4. The van der Waals surface area contributed by atoms with Crippen molar-refractivity contribution >= 4 is 5.91 Å². The highest BCUT2D eigenvalue weighted by atomic mass is 19.2. The Labute approximate surface area is 134 Å². The van der Waals surface area contributed by atoms with Crippen LogP contribution in [0.25, 0.3) is 0 Å². The second kappa shape index (κ2) is 7.76. The Balaban J connectivity index is 1.91. The Kier molecular flexibility index (Phi) is 5.73. The predicted molar refractivity (Wildman–Crippen MR) is 74.9 cm³/mol. The number of para-hydroxylation sites is 1. The van der Waals surface area contributed by atoms with Gasteiger partial charge in [0.2, 0.25) is 11.7 Å². The fourth-order valence-electron chi connectivity index (χ4n) is 1.90. The van der Waals surface area contributed by atoms with Crippen molar-refractivity contribution in [2.24, 2.45) is 0 Å². The number of nitrogens with one attached hydrogen (secondary N) is 1. The van der Waals surface area contributed by atoms with Gasteiger partial charge in [0.25, 0.3) is 0 Å². The van der Waals surface area contributed by atoms with Crippen LogP contribution in [0.3, 0.4) is 0 Å². The van der Waals surface area contributed by atoms with Crippen molar-refractivity contribution in [3.05, 3.63) is 65.0 Å². The zero-order valence-electron chi connectivity index (χ0n) is 12.2. The highest BCUT2D eigenvalue weighted by Crippen LogP contribution is 2.23. The second-order valence-electron chi connectivity index (χ2n) is 4.74. The molecule has 2 aromatic rings. The third-order valence-electron chi connectivity index (χ3n) is 3.07. The maximum Gasteiger partial charge on any atom is 0.224 e. The molecule has 0 saturated carbocycles. The molecule has 1 N–H and O–H groups in total. The summed E-state index contributed by atoms with van der Waals surface area (Å²) in [6.07, 6.45) is -0.975. The Bertz CT molecular complexity index is 708. The lowest BCUT2D eigenvalue weighted by Gasteiger charge is -2.10. The molecule has 0 radical (unpaired) electrons. The van der Waals surface area contributed by atoms with Crippen LogP contribution in [0.2, 0.25) is 0 Å². The van der Waals surface area contributed by atoms with E-state index in [1.165, 1.54) is 0 Å². The Morgan fingerprint density at radius 1 is 0.875 bits per heavy atom. The summed E-state index contributed by atoms with van der Waals surface area (Å²) in [7, 11) is 0. The lowest BCUT2D eigenvalue weighted by molar-refractivity contribution is -0.120. The highest BCUT2D eigenvalue weighted by Gasteiger charge is 2.26. The third kappa shape index (κ3) is 4.01.